The van der Waals surface area contributed by atoms with Crippen LogP contribution in [-0.4, -0.2) is 44.2 Å². The van der Waals surface area contributed by atoms with Crippen LogP contribution in [0.5, 0.6) is 0 Å². The molecule has 2 aliphatic rings. The summed E-state index contributed by atoms with van der Waals surface area (Å²) in [6, 6.07) is 17.7. The Morgan fingerprint density at radius 3 is 1.97 bits per heavy atom. The molecule has 0 saturated carbocycles. The van der Waals surface area contributed by atoms with Gasteiger partial charge in [-0.05, 0) is 25.1 Å². The highest BCUT2D eigenvalue weighted by Gasteiger charge is 2.42. The molecule has 1 aliphatic carbocycles. The Morgan fingerprint density at radius 1 is 0.750 bits per heavy atom. The summed E-state index contributed by atoms with van der Waals surface area (Å²) in [6.45, 7) is 1.51. The summed E-state index contributed by atoms with van der Waals surface area (Å²) < 4.78 is 1.21. The number of fused-ring (bicyclic) bond motifs is 3. The first-order valence-corrected chi connectivity index (χ1v) is 10.2. The Balaban J connectivity index is 1.49. The maximum atomic E-state index is 13.5. The average Bonchev–Trinajstić information content (AvgIpc) is 3.33. The van der Waals surface area contributed by atoms with Crippen LogP contribution in [-0.2, 0) is 0 Å². The minimum absolute atomic E-state index is 0.126. The molecule has 1 aliphatic heterocycles. The lowest BCUT2D eigenvalue weighted by molar-refractivity contribution is 0.0525. The number of carbonyl (C=O) groups is 4. The zero-order chi connectivity index (χ0) is 22.1. The van der Waals surface area contributed by atoms with Gasteiger partial charge in [0.05, 0.1) is 16.6 Å². The number of ketones is 1. The van der Waals surface area contributed by atoms with Gasteiger partial charge in [-0.1, -0.05) is 48.5 Å². The van der Waals surface area contributed by atoms with Gasteiger partial charge in [0.15, 0.2) is 5.78 Å². The van der Waals surface area contributed by atoms with Crippen molar-refractivity contribution >= 4 is 34.4 Å². The zero-order valence-corrected chi connectivity index (χ0v) is 16.9. The molecule has 6 rings (SSSR count). The van der Waals surface area contributed by atoms with Crippen molar-refractivity contribution in [3.8, 4) is 11.3 Å². The van der Waals surface area contributed by atoms with E-state index in [0.717, 1.165) is 4.90 Å². The standard InChI is InChI=1S/C25H15N3O4/c1-13(27-24(31)16-9-4-5-10-17(16)25(27)32)23(30)28-19-12-6-11-18-20(19)21(26-28)14-7-2-3-8-15(14)22(18)29/h2-13H,1H3. The minimum atomic E-state index is -1.08. The van der Waals surface area contributed by atoms with Gasteiger partial charge in [-0.2, -0.15) is 9.78 Å². The summed E-state index contributed by atoms with van der Waals surface area (Å²) in [5.74, 6) is -1.67. The molecule has 1 aromatic heterocycles. The Hall–Kier alpha value is -4.39. The summed E-state index contributed by atoms with van der Waals surface area (Å²) in [7, 11) is 0. The highest BCUT2D eigenvalue weighted by molar-refractivity contribution is 6.26. The van der Waals surface area contributed by atoms with Crippen molar-refractivity contribution in [3.63, 3.8) is 0 Å². The molecule has 4 aromatic rings. The van der Waals surface area contributed by atoms with Crippen LogP contribution in [0.3, 0.4) is 0 Å². The van der Waals surface area contributed by atoms with Gasteiger partial charge in [-0.3, -0.25) is 24.1 Å². The molecular weight excluding hydrogens is 406 g/mol. The molecule has 2 amide bonds. The number of aromatic nitrogens is 2. The first kappa shape index (κ1) is 18.4. The molecule has 154 valence electrons. The van der Waals surface area contributed by atoms with Gasteiger partial charge >= 0.3 is 0 Å². The van der Waals surface area contributed by atoms with Gasteiger partial charge < -0.3 is 0 Å². The van der Waals surface area contributed by atoms with Crippen molar-refractivity contribution in [1.29, 1.82) is 0 Å². The molecule has 0 bridgehead atoms. The van der Waals surface area contributed by atoms with Gasteiger partial charge in [-0.15, -0.1) is 0 Å². The topological polar surface area (TPSA) is 89.3 Å². The van der Waals surface area contributed by atoms with E-state index in [0.29, 0.717) is 33.3 Å². The molecule has 0 radical (unpaired) electrons. The van der Waals surface area contributed by atoms with Crippen molar-refractivity contribution in [2.75, 3.05) is 0 Å². The monoisotopic (exact) mass is 421 g/mol. The lowest BCUT2D eigenvalue weighted by Gasteiger charge is -2.21. The van der Waals surface area contributed by atoms with Gasteiger partial charge in [0.2, 0.25) is 0 Å². The van der Waals surface area contributed by atoms with E-state index < -0.39 is 23.8 Å². The largest absolute Gasteiger partial charge is 0.289 e. The van der Waals surface area contributed by atoms with Crippen LogP contribution in [0.2, 0.25) is 0 Å². The Labute approximate surface area is 181 Å². The zero-order valence-electron chi connectivity index (χ0n) is 16.9. The number of hydrogen-bond donors (Lipinski definition) is 0. The Kier molecular flexibility index (Phi) is 3.62. The highest BCUT2D eigenvalue weighted by atomic mass is 16.2. The van der Waals surface area contributed by atoms with Crippen molar-refractivity contribution in [2.45, 2.75) is 13.0 Å². The lowest BCUT2D eigenvalue weighted by atomic mass is 9.87. The molecule has 2 heterocycles. The molecule has 7 nitrogen and oxygen atoms in total. The Bertz CT molecular complexity index is 1500. The van der Waals surface area contributed by atoms with E-state index in [-0.39, 0.29) is 16.9 Å². The van der Waals surface area contributed by atoms with Crippen LogP contribution < -0.4 is 0 Å². The number of amides is 2. The summed E-state index contributed by atoms with van der Waals surface area (Å²) in [6.07, 6.45) is 0. The van der Waals surface area contributed by atoms with Gasteiger partial charge in [-0.25, -0.2) is 0 Å². The highest BCUT2D eigenvalue weighted by Crippen LogP contribution is 2.39. The van der Waals surface area contributed by atoms with Crippen LogP contribution in [0.4, 0.5) is 0 Å². The van der Waals surface area contributed by atoms with E-state index in [4.69, 9.17) is 0 Å². The van der Waals surface area contributed by atoms with Crippen LogP contribution in [0.15, 0.2) is 66.7 Å². The molecule has 0 fully saturated rings. The van der Waals surface area contributed by atoms with E-state index in [2.05, 4.69) is 5.10 Å². The van der Waals surface area contributed by atoms with E-state index in [1.54, 1.807) is 60.7 Å². The molecule has 0 spiro atoms. The van der Waals surface area contributed by atoms with Crippen LogP contribution >= 0.6 is 0 Å². The van der Waals surface area contributed by atoms with Crippen LogP contribution in [0.1, 0.15) is 48.4 Å². The Morgan fingerprint density at radius 2 is 1.31 bits per heavy atom. The van der Waals surface area contributed by atoms with Gasteiger partial charge in [0, 0.05) is 22.1 Å². The maximum absolute atomic E-state index is 13.5. The first-order valence-electron chi connectivity index (χ1n) is 10.2. The second-order valence-corrected chi connectivity index (χ2v) is 7.87. The van der Waals surface area contributed by atoms with Crippen LogP contribution in [0.25, 0.3) is 22.2 Å². The fourth-order valence-electron chi connectivity index (χ4n) is 4.59. The smallest absolute Gasteiger partial charge is 0.270 e. The average molecular weight is 421 g/mol. The summed E-state index contributed by atoms with van der Waals surface area (Å²) >= 11 is 0. The lowest BCUT2D eigenvalue weighted by Crippen LogP contribution is -2.45. The van der Waals surface area contributed by atoms with Crippen molar-refractivity contribution in [1.82, 2.24) is 14.7 Å². The number of benzene rings is 3. The normalized spacial score (nSPS) is 15.2. The van der Waals surface area contributed by atoms with Gasteiger partial charge in [0.25, 0.3) is 17.7 Å². The molecule has 1 atom stereocenters. The molecule has 0 N–H and O–H groups in total. The van der Waals surface area contributed by atoms with E-state index in [9.17, 15) is 19.2 Å². The predicted molar refractivity (Wildman–Crippen MR) is 116 cm³/mol. The quantitative estimate of drug-likeness (QED) is 0.407. The second kappa shape index (κ2) is 6.31. The molecule has 1 unspecified atom stereocenters. The third-order valence-corrected chi connectivity index (χ3v) is 6.16. The maximum Gasteiger partial charge on any atom is 0.270 e. The number of carbonyl (C=O) groups excluding carboxylic acids is 4. The SMILES string of the molecule is CC(C(=O)n1nc2c3c(cccc31)C(=O)c1ccccc1-2)N1C(=O)c2ccccc2C1=O. The molecule has 0 saturated heterocycles. The number of imide groups is 1. The van der Waals surface area contributed by atoms with Crippen LogP contribution in [0, 0.1) is 0 Å². The molecule has 7 heteroatoms. The number of nitrogens with zero attached hydrogens (tertiary/aromatic N) is 3. The molecule has 32 heavy (non-hydrogen) atoms. The summed E-state index contributed by atoms with van der Waals surface area (Å²) in [4.78, 5) is 53.2. The molecular formula is C25H15N3O4. The number of hydrogen-bond acceptors (Lipinski definition) is 5. The van der Waals surface area contributed by atoms with E-state index in [1.807, 2.05) is 6.07 Å². The van der Waals surface area contributed by atoms with Crippen molar-refractivity contribution < 1.29 is 19.2 Å². The summed E-state index contributed by atoms with van der Waals surface area (Å²) in [5, 5.41) is 5.15. The number of rotatable bonds is 2. The minimum Gasteiger partial charge on any atom is -0.289 e. The third-order valence-electron chi connectivity index (χ3n) is 6.16. The van der Waals surface area contributed by atoms with Gasteiger partial charge in [0.1, 0.15) is 11.7 Å². The summed E-state index contributed by atoms with van der Waals surface area (Å²) in [5.41, 5.74) is 3.22. The van der Waals surface area contributed by atoms with Crippen molar-refractivity contribution in [2.24, 2.45) is 0 Å². The van der Waals surface area contributed by atoms with Crippen molar-refractivity contribution in [3.05, 3.63) is 89.0 Å². The fraction of sp³-hybridized carbons (Fsp3) is 0.0800. The van der Waals surface area contributed by atoms with E-state index >= 15 is 0 Å². The second-order valence-electron chi connectivity index (χ2n) is 7.87. The fourth-order valence-corrected chi connectivity index (χ4v) is 4.59. The molecule has 3 aromatic carbocycles. The van der Waals surface area contributed by atoms with E-state index in [1.165, 1.54) is 11.6 Å². The first-order chi connectivity index (χ1) is 15.5. The third kappa shape index (κ3) is 2.22. The predicted octanol–water partition coefficient (Wildman–Crippen LogP) is 3.57.